The lowest BCUT2D eigenvalue weighted by Crippen LogP contribution is -2.38. The molecule has 1 aliphatic heterocycles. The van der Waals surface area contributed by atoms with Gasteiger partial charge < -0.3 is 9.84 Å². The van der Waals surface area contributed by atoms with Crippen LogP contribution in [0, 0.1) is 0 Å². The van der Waals surface area contributed by atoms with Crippen LogP contribution in [-0.2, 0) is 11.2 Å². The van der Waals surface area contributed by atoms with Gasteiger partial charge >= 0.3 is 0 Å². The molecule has 0 unspecified atom stereocenters. The summed E-state index contributed by atoms with van der Waals surface area (Å²) >= 11 is 1.69. The first-order chi connectivity index (χ1) is 11.8. The van der Waals surface area contributed by atoms with Crippen molar-refractivity contribution < 1.29 is 9.32 Å². The summed E-state index contributed by atoms with van der Waals surface area (Å²) in [5, 5.41) is 11.4. The molecule has 2 aliphatic rings. The highest BCUT2D eigenvalue weighted by atomic mass is 32.1. The number of amides is 1. The molecular weight excluding hydrogens is 324 g/mol. The molecule has 1 amide bonds. The first-order valence-corrected chi connectivity index (χ1v) is 9.59. The van der Waals surface area contributed by atoms with Gasteiger partial charge in [0.15, 0.2) is 5.82 Å². The topological polar surface area (TPSA) is 71.3 Å². The van der Waals surface area contributed by atoms with E-state index in [0.717, 1.165) is 50.4 Å². The molecule has 2 fully saturated rings. The molecule has 4 rings (SSSR count). The van der Waals surface area contributed by atoms with Crippen LogP contribution in [0.1, 0.15) is 54.9 Å². The monoisotopic (exact) mass is 346 g/mol. The van der Waals surface area contributed by atoms with Crippen molar-refractivity contribution in [2.75, 3.05) is 19.6 Å². The molecule has 3 heterocycles. The van der Waals surface area contributed by atoms with Crippen molar-refractivity contribution in [1.82, 2.24) is 20.4 Å². The van der Waals surface area contributed by atoms with Gasteiger partial charge in [-0.1, -0.05) is 5.16 Å². The Morgan fingerprint density at radius 3 is 3.12 bits per heavy atom. The molecule has 6 nitrogen and oxygen atoms in total. The van der Waals surface area contributed by atoms with Gasteiger partial charge in [-0.3, -0.25) is 9.69 Å². The normalized spacial score (nSPS) is 21.2. The second kappa shape index (κ2) is 7.03. The van der Waals surface area contributed by atoms with Crippen LogP contribution in [0.25, 0.3) is 0 Å². The fourth-order valence-corrected chi connectivity index (χ4v) is 3.91. The highest BCUT2D eigenvalue weighted by molar-refractivity contribution is 7.07. The molecule has 1 N–H and O–H groups in total. The van der Waals surface area contributed by atoms with E-state index in [9.17, 15) is 4.79 Å². The van der Waals surface area contributed by atoms with Gasteiger partial charge in [-0.25, -0.2) is 0 Å². The number of hydrogen-bond donors (Lipinski definition) is 1. The molecule has 2 aromatic heterocycles. The van der Waals surface area contributed by atoms with Crippen LogP contribution in [0.5, 0.6) is 0 Å². The summed E-state index contributed by atoms with van der Waals surface area (Å²) < 4.78 is 5.37. The average molecular weight is 346 g/mol. The molecule has 7 heteroatoms. The van der Waals surface area contributed by atoms with Crippen molar-refractivity contribution in [3.63, 3.8) is 0 Å². The van der Waals surface area contributed by atoms with Crippen LogP contribution >= 0.6 is 11.3 Å². The molecule has 1 aliphatic carbocycles. The summed E-state index contributed by atoms with van der Waals surface area (Å²) in [6.07, 6.45) is 5.26. The predicted octanol–water partition coefficient (Wildman–Crippen LogP) is 2.50. The third-order valence-electron chi connectivity index (χ3n) is 4.71. The molecule has 24 heavy (non-hydrogen) atoms. The number of nitrogens with zero attached hydrogens (tertiary/aromatic N) is 3. The second-order valence-corrected chi connectivity index (χ2v) is 7.41. The van der Waals surface area contributed by atoms with Gasteiger partial charge in [0, 0.05) is 12.5 Å². The number of carbonyl (C=O) groups is 1. The molecular formula is C17H22N4O2S. The van der Waals surface area contributed by atoms with Crippen LogP contribution in [0.15, 0.2) is 21.3 Å². The quantitative estimate of drug-likeness (QED) is 0.834. The first-order valence-electron chi connectivity index (χ1n) is 8.65. The van der Waals surface area contributed by atoms with Crippen molar-refractivity contribution in [3.05, 3.63) is 34.1 Å². The minimum absolute atomic E-state index is 0.0723. The van der Waals surface area contributed by atoms with E-state index in [1.165, 1.54) is 5.56 Å². The zero-order valence-electron chi connectivity index (χ0n) is 13.6. The molecule has 0 bridgehead atoms. The molecule has 0 spiro atoms. The summed E-state index contributed by atoms with van der Waals surface area (Å²) in [5.41, 5.74) is 1.28. The third kappa shape index (κ3) is 3.67. The minimum Gasteiger partial charge on any atom is -0.355 e. The number of nitrogens with one attached hydrogen (secondary N) is 1. The van der Waals surface area contributed by atoms with Crippen LogP contribution in [0.2, 0.25) is 0 Å². The Morgan fingerprint density at radius 1 is 1.42 bits per heavy atom. The van der Waals surface area contributed by atoms with Crippen LogP contribution in [0.4, 0.5) is 0 Å². The first kappa shape index (κ1) is 15.8. The summed E-state index contributed by atoms with van der Waals surface area (Å²) in [5.74, 6) is 2.07. The molecule has 0 aromatic carbocycles. The maximum atomic E-state index is 12.2. The van der Waals surface area contributed by atoms with Crippen molar-refractivity contribution in [2.45, 2.75) is 44.1 Å². The fraction of sp³-hybridized carbons (Fsp3) is 0.588. The SMILES string of the molecule is O=C(CN1CCC[C@@H]1c1noc(C2CC2)n1)NCCc1ccsc1. The van der Waals surface area contributed by atoms with E-state index < -0.39 is 0 Å². The fourth-order valence-electron chi connectivity index (χ4n) is 3.21. The van der Waals surface area contributed by atoms with Crippen molar-refractivity contribution in [2.24, 2.45) is 0 Å². The number of hydrogen-bond acceptors (Lipinski definition) is 6. The van der Waals surface area contributed by atoms with Crippen molar-refractivity contribution in [3.8, 4) is 0 Å². The van der Waals surface area contributed by atoms with Gasteiger partial charge in [0.1, 0.15) is 0 Å². The number of rotatable bonds is 7. The lowest BCUT2D eigenvalue weighted by atomic mass is 10.2. The Morgan fingerprint density at radius 2 is 2.33 bits per heavy atom. The zero-order chi connectivity index (χ0) is 16.4. The maximum absolute atomic E-state index is 12.2. The molecule has 128 valence electrons. The number of likely N-dealkylation sites (tertiary alicyclic amines) is 1. The van der Waals surface area contributed by atoms with Gasteiger partial charge in [0.25, 0.3) is 0 Å². The Bertz CT molecular complexity index is 681. The van der Waals surface area contributed by atoms with Gasteiger partial charge in [-0.15, -0.1) is 0 Å². The van der Waals surface area contributed by atoms with E-state index in [1.807, 2.05) is 0 Å². The Balaban J connectivity index is 1.28. The summed E-state index contributed by atoms with van der Waals surface area (Å²) in [6, 6.07) is 2.21. The zero-order valence-corrected chi connectivity index (χ0v) is 14.4. The molecule has 2 aromatic rings. The lowest BCUT2D eigenvalue weighted by molar-refractivity contribution is -0.122. The minimum atomic E-state index is 0.0723. The Kier molecular flexibility index (Phi) is 4.62. The Hall–Kier alpha value is -1.73. The van der Waals surface area contributed by atoms with Crippen LogP contribution in [0.3, 0.4) is 0 Å². The number of carbonyl (C=O) groups excluding carboxylic acids is 1. The maximum Gasteiger partial charge on any atom is 0.234 e. The highest BCUT2D eigenvalue weighted by Gasteiger charge is 2.34. The number of thiophene rings is 1. The van der Waals surface area contributed by atoms with E-state index in [1.54, 1.807) is 11.3 Å². The van der Waals surface area contributed by atoms with Crippen molar-refractivity contribution >= 4 is 17.2 Å². The highest BCUT2D eigenvalue weighted by Crippen LogP contribution is 2.40. The summed E-state index contributed by atoms with van der Waals surface area (Å²) in [7, 11) is 0. The summed E-state index contributed by atoms with van der Waals surface area (Å²) in [4.78, 5) is 18.9. The Labute approximate surface area is 145 Å². The van der Waals surface area contributed by atoms with Gasteiger partial charge in [-0.2, -0.15) is 16.3 Å². The average Bonchev–Trinajstić information content (AvgIpc) is 2.98. The van der Waals surface area contributed by atoms with Crippen LogP contribution < -0.4 is 5.32 Å². The van der Waals surface area contributed by atoms with Gasteiger partial charge in [-0.05, 0) is 61.0 Å². The van der Waals surface area contributed by atoms with Gasteiger partial charge in [0.05, 0.1) is 12.6 Å². The van der Waals surface area contributed by atoms with E-state index in [-0.39, 0.29) is 11.9 Å². The van der Waals surface area contributed by atoms with E-state index in [2.05, 4.69) is 37.2 Å². The molecule has 1 atom stereocenters. The standard InChI is InChI=1S/C17H22N4O2S/c22-15(18-7-5-12-6-9-24-11-12)10-21-8-1-2-14(21)16-19-17(23-20-16)13-3-4-13/h6,9,11,13-14H,1-5,7-8,10H2,(H,18,22)/t14-/m1/s1. The van der Waals surface area contributed by atoms with Crippen LogP contribution in [-0.4, -0.2) is 40.6 Å². The second-order valence-electron chi connectivity index (χ2n) is 6.63. The third-order valence-corrected chi connectivity index (χ3v) is 5.44. The lowest BCUT2D eigenvalue weighted by Gasteiger charge is -2.21. The summed E-state index contributed by atoms with van der Waals surface area (Å²) in [6.45, 7) is 2.00. The molecule has 0 radical (unpaired) electrons. The molecule has 1 saturated carbocycles. The number of aromatic nitrogens is 2. The van der Waals surface area contributed by atoms with E-state index in [0.29, 0.717) is 19.0 Å². The largest absolute Gasteiger partial charge is 0.355 e. The van der Waals surface area contributed by atoms with E-state index in [4.69, 9.17) is 4.52 Å². The van der Waals surface area contributed by atoms with E-state index >= 15 is 0 Å². The molecule has 1 saturated heterocycles. The van der Waals surface area contributed by atoms with Crippen molar-refractivity contribution in [1.29, 1.82) is 0 Å². The predicted molar refractivity (Wildman–Crippen MR) is 90.9 cm³/mol. The smallest absolute Gasteiger partial charge is 0.234 e. The van der Waals surface area contributed by atoms with Gasteiger partial charge in [0.2, 0.25) is 11.8 Å².